The predicted octanol–water partition coefficient (Wildman–Crippen LogP) is 3.97. The van der Waals surface area contributed by atoms with Gasteiger partial charge in [-0.15, -0.1) is 0 Å². The molecule has 0 radical (unpaired) electrons. The van der Waals surface area contributed by atoms with E-state index in [4.69, 9.17) is 5.26 Å². The Morgan fingerprint density at radius 1 is 1.23 bits per heavy atom. The van der Waals surface area contributed by atoms with Crippen LogP contribution in [0.25, 0.3) is 11.6 Å². The van der Waals surface area contributed by atoms with Gasteiger partial charge in [0.05, 0.1) is 18.4 Å². The highest BCUT2D eigenvalue weighted by Gasteiger charge is 2.26. The van der Waals surface area contributed by atoms with Gasteiger partial charge >= 0.3 is 0 Å². The number of nitriles is 1. The molecule has 4 nitrogen and oxygen atoms in total. The number of benzene rings is 2. The molecule has 22 heavy (non-hydrogen) atoms. The van der Waals surface area contributed by atoms with Crippen LogP contribution in [0.1, 0.15) is 16.7 Å². The predicted molar refractivity (Wildman–Crippen MR) is 101 cm³/mol. The topological polar surface area (TPSA) is 73.1 Å². The minimum Gasteiger partial charge on any atom is -0.506 e. The van der Waals surface area contributed by atoms with Crippen molar-refractivity contribution in [3.8, 4) is 11.8 Å². The van der Waals surface area contributed by atoms with E-state index < -0.39 is 0 Å². The number of phenolic OH excluding ortho intramolecular Hbond substituents is 1. The number of phenols is 1. The van der Waals surface area contributed by atoms with Crippen LogP contribution in [-0.2, 0) is 4.79 Å². The van der Waals surface area contributed by atoms with Crippen LogP contribution in [0, 0.1) is 18.5 Å². The average molecular weight is 514 g/mol. The maximum absolute atomic E-state index is 12.2. The van der Waals surface area contributed by atoms with Crippen LogP contribution in [0.3, 0.4) is 0 Å². The summed E-state index contributed by atoms with van der Waals surface area (Å²) in [5, 5.41) is 21.7. The lowest BCUT2D eigenvalue weighted by Gasteiger charge is -2.04. The molecule has 0 saturated heterocycles. The largest absolute Gasteiger partial charge is 0.506 e. The van der Waals surface area contributed by atoms with Crippen molar-refractivity contribution in [2.75, 3.05) is 5.32 Å². The number of para-hydroxylation sites is 1. The molecule has 6 heteroatoms. The van der Waals surface area contributed by atoms with Crippen molar-refractivity contribution < 1.29 is 9.90 Å². The van der Waals surface area contributed by atoms with Crippen LogP contribution < -0.4 is 5.32 Å². The third-order valence-electron chi connectivity index (χ3n) is 3.31. The van der Waals surface area contributed by atoms with Crippen molar-refractivity contribution >= 4 is 68.4 Å². The van der Waals surface area contributed by atoms with Gasteiger partial charge in [0.25, 0.3) is 5.91 Å². The number of anilines is 1. The summed E-state index contributed by atoms with van der Waals surface area (Å²) in [6, 6.07) is 11.0. The molecule has 0 saturated carbocycles. The highest BCUT2D eigenvalue weighted by atomic mass is 127. The first-order valence-corrected chi connectivity index (χ1v) is 8.41. The Bertz CT molecular complexity index is 859. The highest BCUT2D eigenvalue weighted by molar-refractivity contribution is 14.1. The lowest BCUT2D eigenvalue weighted by atomic mass is 10.0. The van der Waals surface area contributed by atoms with Gasteiger partial charge in [-0.3, -0.25) is 4.79 Å². The van der Waals surface area contributed by atoms with Crippen molar-refractivity contribution in [2.45, 2.75) is 0 Å². The van der Waals surface area contributed by atoms with Crippen LogP contribution in [0.5, 0.6) is 5.75 Å². The van der Waals surface area contributed by atoms with E-state index in [2.05, 4.69) is 56.6 Å². The molecule has 0 bridgehead atoms. The number of rotatable bonds is 1. The van der Waals surface area contributed by atoms with E-state index in [0.29, 0.717) is 16.8 Å². The summed E-state index contributed by atoms with van der Waals surface area (Å²) in [5.74, 6) is 0.0159. The summed E-state index contributed by atoms with van der Waals surface area (Å²) in [5.41, 5.74) is 3.08. The summed E-state index contributed by atoms with van der Waals surface area (Å²) in [6.07, 6.45) is 1.77. The lowest BCUT2D eigenvalue weighted by molar-refractivity contribution is -0.110. The second-order valence-electron chi connectivity index (χ2n) is 4.69. The fourth-order valence-electron chi connectivity index (χ4n) is 2.29. The molecule has 0 unspecified atom stereocenters. The Hall–Kier alpha value is -1.60. The summed E-state index contributed by atoms with van der Waals surface area (Å²) in [6.45, 7) is 0. The van der Waals surface area contributed by atoms with Gasteiger partial charge < -0.3 is 10.4 Å². The smallest absolute Gasteiger partial charge is 0.256 e. The number of amides is 1. The summed E-state index contributed by atoms with van der Waals surface area (Å²) >= 11 is 4.10. The van der Waals surface area contributed by atoms with E-state index in [1.54, 1.807) is 18.2 Å². The molecule has 1 aliphatic rings. The summed E-state index contributed by atoms with van der Waals surface area (Å²) in [7, 11) is 0. The molecule has 2 aromatic carbocycles. The van der Waals surface area contributed by atoms with Crippen LogP contribution >= 0.6 is 45.2 Å². The zero-order valence-electron chi connectivity index (χ0n) is 11.0. The quantitative estimate of drug-likeness (QED) is 0.448. The van der Waals surface area contributed by atoms with E-state index in [0.717, 1.165) is 18.3 Å². The SMILES string of the molecule is N#Cc1cccc2c1NC(=O)C2=Cc1cc(I)c(O)c(I)c1. The second kappa shape index (κ2) is 5.89. The molecule has 0 aliphatic carbocycles. The molecular weight excluding hydrogens is 506 g/mol. The van der Waals surface area contributed by atoms with Gasteiger partial charge in [-0.1, -0.05) is 12.1 Å². The van der Waals surface area contributed by atoms with Crippen LogP contribution in [0.2, 0.25) is 0 Å². The molecule has 0 atom stereocenters. The lowest BCUT2D eigenvalue weighted by Crippen LogP contribution is -2.04. The monoisotopic (exact) mass is 514 g/mol. The Morgan fingerprint density at radius 2 is 1.91 bits per heavy atom. The van der Waals surface area contributed by atoms with Crippen molar-refractivity contribution in [1.82, 2.24) is 0 Å². The van der Waals surface area contributed by atoms with E-state index in [9.17, 15) is 9.90 Å². The maximum Gasteiger partial charge on any atom is 0.256 e. The third-order valence-corrected chi connectivity index (χ3v) is 4.95. The van der Waals surface area contributed by atoms with E-state index >= 15 is 0 Å². The van der Waals surface area contributed by atoms with E-state index in [1.165, 1.54) is 0 Å². The first-order chi connectivity index (χ1) is 10.5. The number of halogens is 2. The van der Waals surface area contributed by atoms with Crippen LogP contribution in [0.15, 0.2) is 30.3 Å². The number of aromatic hydroxyl groups is 1. The molecular formula is C16H8I2N2O2. The fraction of sp³-hybridized carbons (Fsp3) is 0. The van der Waals surface area contributed by atoms with Gasteiger partial charge in [0, 0.05) is 11.1 Å². The molecule has 1 amide bonds. The van der Waals surface area contributed by atoms with Crippen LogP contribution in [-0.4, -0.2) is 11.0 Å². The molecule has 108 valence electrons. The minimum absolute atomic E-state index is 0.226. The molecule has 0 fully saturated rings. The Balaban J connectivity index is 2.15. The van der Waals surface area contributed by atoms with Crippen molar-refractivity contribution in [1.29, 1.82) is 5.26 Å². The number of hydrogen-bond acceptors (Lipinski definition) is 3. The molecule has 0 aromatic heterocycles. The molecule has 2 aromatic rings. The summed E-state index contributed by atoms with van der Waals surface area (Å²) in [4.78, 5) is 12.2. The number of hydrogen-bond donors (Lipinski definition) is 2. The Morgan fingerprint density at radius 3 is 2.55 bits per heavy atom. The zero-order chi connectivity index (χ0) is 15.9. The number of carbonyl (C=O) groups excluding carboxylic acids is 1. The third kappa shape index (κ3) is 2.59. The van der Waals surface area contributed by atoms with Gasteiger partial charge in [0.2, 0.25) is 0 Å². The standard InChI is InChI=1S/C16H8I2N2O2/c17-12-5-8(6-13(18)15(12)21)4-11-10-3-1-2-9(7-19)14(10)20-16(11)22/h1-6,21H,(H,20,22). The fourth-order valence-corrected chi connectivity index (χ4v) is 4.10. The Kier molecular flexibility index (Phi) is 4.10. The van der Waals surface area contributed by atoms with Crippen molar-refractivity contribution in [2.24, 2.45) is 0 Å². The number of fused-ring (bicyclic) bond motifs is 1. The van der Waals surface area contributed by atoms with Crippen molar-refractivity contribution in [3.63, 3.8) is 0 Å². The number of nitrogens with zero attached hydrogens (tertiary/aromatic N) is 1. The molecule has 1 aliphatic heterocycles. The average Bonchev–Trinajstić information content (AvgIpc) is 2.81. The summed E-state index contributed by atoms with van der Waals surface area (Å²) < 4.78 is 1.45. The van der Waals surface area contributed by atoms with Gasteiger partial charge in [0.1, 0.15) is 11.8 Å². The maximum atomic E-state index is 12.2. The number of nitrogens with one attached hydrogen (secondary N) is 1. The van der Waals surface area contributed by atoms with Gasteiger partial charge in [0.15, 0.2) is 0 Å². The number of carbonyl (C=O) groups is 1. The minimum atomic E-state index is -0.226. The van der Waals surface area contributed by atoms with Gasteiger partial charge in [-0.05, 0) is 75.0 Å². The molecule has 3 rings (SSSR count). The second-order valence-corrected chi connectivity index (χ2v) is 7.01. The van der Waals surface area contributed by atoms with Crippen molar-refractivity contribution in [3.05, 3.63) is 54.2 Å². The first-order valence-electron chi connectivity index (χ1n) is 6.26. The normalized spacial score (nSPS) is 14.6. The molecule has 0 spiro atoms. The van der Waals surface area contributed by atoms with E-state index in [1.807, 2.05) is 18.2 Å². The zero-order valence-corrected chi connectivity index (χ0v) is 15.3. The van der Waals surface area contributed by atoms with Gasteiger partial charge in [-0.25, -0.2) is 0 Å². The molecule has 2 N–H and O–H groups in total. The molecule has 1 heterocycles. The Labute approximate surface area is 154 Å². The first kappa shape index (κ1) is 15.3. The highest BCUT2D eigenvalue weighted by Crippen LogP contribution is 2.36. The van der Waals surface area contributed by atoms with Crippen LogP contribution in [0.4, 0.5) is 5.69 Å². The van der Waals surface area contributed by atoms with Gasteiger partial charge in [-0.2, -0.15) is 5.26 Å². The van der Waals surface area contributed by atoms with E-state index in [-0.39, 0.29) is 11.7 Å².